The lowest BCUT2D eigenvalue weighted by atomic mass is 10.1. The molecule has 0 aliphatic heterocycles. The summed E-state index contributed by atoms with van der Waals surface area (Å²) in [5, 5.41) is 34.2. The van der Waals surface area contributed by atoms with Gasteiger partial charge in [0.1, 0.15) is 5.69 Å². The number of nitro benzene ring substituents is 2. The normalized spacial score (nSPS) is 11.7. The molecule has 0 aromatic heterocycles. The molecule has 8 heteroatoms. The van der Waals surface area contributed by atoms with Crippen molar-refractivity contribution in [2.45, 2.75) is 12.5 Å². The Morgan fingerprint density at radius 3 is 2.30 bits per heavy atom. The minimum atomic E-state index is -0.690. The SMILES string of the molecule is O=[N+]([O-])c1ccc(NC(CO)Cc2ccccc2)c([N+](=O)[O-])c1. The van der Waals surface area contributed by atoms with Gasteiger partial charge in [-0.3, -0.25) is 20.2 Å². The van der Waals surface area contributed by atoms with E-state index in [-0.39, 0.29) is 18.0 Å². The fourth-order valence-corrected chi connectivity index (χ4v) is 2.19. The summed E-state index contributed by atoms with van der Waals surface area (Å²) in [7, 11) is 0. The largest absolute Gasteiger partial charge is 0.394 e. The fourth-order valence-electron chi connectivity index (χ4n) is 2.19. The maximum atomic E-state index is 11.1. The van der Waals surface area contributed by atoms with Gasteiger partial charge in [-0.15, -0.1) is 0 Å². The Kier molecular flexibility index (Phi) is 5.21. The summed E-state index contributed by atoms with van der Waals surface area (Å²) >= 11 is 0. The first-order valence-electron chi connectivity index (χ1n) is 6.85. The third kappa shape index (κ3) is 4.24. The maximum Gasteiger partial charge on any atom is 0.299 e. The molecule has 1 atom stereocenters. The number of rotatable bonds is 7. The lowest BCUT2D eigenvalue weighted by Crippen LogP contribution is -2.26. The number of nitrogens with zero attached hydrogens (tertiary/aromatic N) is 2. The van der Waals surface area contributed by atoms with E-state index >= 15 is 0 Å². The Balaban J connectivity index is 2.23. The summed E-state index contributed by atoms with van der Waals surface area (Å²) in [6.45, 7) is -0.233. The third-order valence-corrected chi connectivity index (χ3v) is 3.29. The summed E-state index contributed by atoms with van der Waals surface area (Å²) < 4.78 is 0. The molecule has 2 rings (SSSR count). The molecule has 0 saturated carbocycles. The van der Waals surface area contributed by atoms with E-state index in [4.69, 9.17) is 0 Å². The first-order chi connectivity index (χ1) is 11.0. The topological polar surface area (TPSA) is 119 Å². The summed E-state index contributed by atoms with van der Waals surface area (Å²) in [6.07, 6.45) is 0.464. The van der Waals surface area contributed by atoms with Gasteiger partial charge in [0.05, 0.1) is 28.6 Å². The van der Waals surface area contributed by atoms with Crippen molar-refractivity contribution in [2.75, 3.05) is 11.9 Å². The molecule has 0 aliphatic rings. The summed E-state index contributed by atoms with van der Waals surface area (Å²) in [4.78, 5) is 20.5. The van der Waals surface area contributed by atoms with Gasteiger partial charge in [0.15, 0.2) is 0 Å². The minimum absolute atomic E-state index is 0.135. The van der Waals surface area contributed by atoms with Crippen LogP contribution in [0.5, 0.6) is 0 Å². The van der Waals surface area contributed by atoms with E-state index < -0.39 is 21.6 Å². The lowest BCUT2D eigenvalue weighted by Gasteiger charge is -2.17. The van der Waals surface area contributed by atoms with Crippen molar-refractivity contribution in [3.8, 4) is 0 Å². The number of aliphatic hydroxyl groups excluding tert-OH is 1. The lowest BCUT2D eigenvalue weighted by molar-refractivity contribution is -0.393. The third-order valence-electron chi connectivity index (χ3n) is 3.29. The molecule has 0 heterocycles. The van der Waals surface area contributed by atoms with Gasteiger partial charge in [0.25, 0.3) is 11.4 Å². The Bertz CT molecular complexity index is 706. The van der Waals surface area contributed by atoms with Crippen LogP contribution in [0.4, 0.5) is 17.1 Å². The number of nitro groups is 2. The number of benzene rings is 2. The van der Waals surface area contributed by atoms with E-state index in [1.807, 2.05) is 30.3 Å². The molecule has 1 unspecified atom stereocenters. The molecule has 2 aromatic carbocycles. The molecule has 0 spiro atoms. The Labute approximate surface area is 131 Å². The van der Waals surface area contributed by atoms with Crippen molar-refractivity contribution < 1.29 is 15.0 Å². The first kappa shape index (κ1) is 16.4. The highest BCUT2D eigenvalue weighted by atomic mass is 16.6. The highest BCUT2D eigenvalue weighted by Crippen LogP contribution is 2.29. The summed E-state index contributed by atoms with van der Waals surface area (Å²) in [5.41, 5.74) is 0.343. The van der Waals surface area contributed by atoms with Crippen molar-refractivity contribution in [2.24, 2.45) is 0 Å². The average molecular weight is 317 g/mol. The molecule has 0 aliphatic carbocycles. The second-order valence-corrected chi connectivity index (χ2v) is 4.93. The van der Waals surface area contributed by atoms with E-state index in [9.17, 15) is 25.3 Å². The van der Waals surface area contributed by atoms with Gasteiger partial charge in [-0.25, -0.2) is 0 Å². The molecular formula is C15H15N3O5. The number of non-ortho nitro benzene ring substituents is 1. The van der Waals surface area contributed by atoms with Gasteiger partial charge >= 0.3 is 0 Å². The van der Waals surface area contributed by atoms with Crippen LogP contribution in [0, 0.1) is 20.2 Å². The van der Waals surface area contributed by atoms with Crippen molar-refractivity contribution in [3.05, 3.63) is 74.3 Å². The van der Waals surface area contributed by atoms with Crippen LogP contribution < -0.4 is 5.32 Å². The van der Waals surface area contributed by atoms with Gasteiger partial charge in [-0.1, -0.05) is 30.3 Å². The Morgan fingerprint density at radius 2 is 1.74 bits per heavy atom. The van der Waals surface area contributed by atoms with E-state index in [2.05, 4.69) is 5.32 Å². The Morgan fingerprint density at radius 1 is 1.04 bits per heavy atom. The number of hydrogen-bond donors (Lipinski definition) is 2. The van der Waals surface area contributed by atoms with Crippen LogP contribution in [0.3, 0.4) is 0 Å². The second-order valence-electron chi connectivity index (χ2n) is 4.93. The first-order valence-corrected chi connectivity index (χ1v) is 6.85. The number of hydrogen-bond acceptors (Lipinski definition) is 6. The molecule has 8 nitrogen and oxygen atoms in total. The standard InChI is InChI=1S/C15H15N3O5/c19-10-12(8-11-4-2-1-3-5-11)16-14-7-6-13(17(20)21)9-15(14)18(22)23/h1-7,9,12,16,19H,8,10H2. The van der Waals surface area contributed by atoms with Crippen molar-refractivity contribution >= 4 is 17.1 Å². The molecule has 2 N–H and O–H groups in total. The van der Waals surface area contributed by atoms with Crippen LogP contribution >= 0.6 is 0 Å². The smallest absolute Gasteiger partial charge is 0.299 e. The molecule has 0 fully saturated rings. The van der Waals surface area contributed by atoms with Crippen LogP contribution in [0.25, 0.3) is 0 Å². The van der Waals surface area contributed by atoms with Crippen molar-refractivity contribution in [1.82, 2.24) is 0 Å². The highest BCUT2D eigenvalue weighted by Gasteiger charge is 2.21. The fraction of sp³-hybridized carbons (Fsp3) is 0.200. The minimum Gasteiger partial charge on any atom is -0.394 e. The van der Waals surface area contributed by atoms with Gasteiger partial charge in [-0.05, 0) is 18.1 Å². The average Bonchev–Trinajstić information content (AvgIpc) is 2.55. The van der Waals surface area contributed by atoms with Gasteiger partial charge < -0.3 is 10.4 Å². The zero-order chi connectivity index (χ0) is 16.8. The summed E-state index contributed by atoms with van der Waals surface area (Å²) in [6, 6.07) is 12.3. The van der Waals surface area contributed by atoms with Gasteiger partial charge in [0, 0.05) is 6.07 Å². The molecule has 0 radical (unpaired) electrons. The molecule has 0 amide bonds. The predicted octanol–water partition coefficient (Wildman–Crippen LogP) is 2.52. The van der Waals surface area contributed by atoms with E-state index in [0.29, 0.717) is 6.42 Å². The molecule has 2 aromatic rings. The van der Waals surface area contributed by atoms with Crippen molar-refractivity contribution in [3.63, 3.8) is 0 Å². The van der Waals surface area contributed by atoms with Crippen LogP contribution in [0.15, 0.2) is 48.5 Å². The van der Waals surface area contributed by atoms with E-state index in [0.717, 1.165) is 11.6 Å². The zero-order valence-corrected chi connectivity index (χ0v) is 12.1. The molecular weight excluding hydrogens is 302 g/mol. The zero-order valence-electron chi connectivity index (χ0n) is 12.1. The van der Waals surface area contributed by atoms with Gasteiger partial charge in [0.2, 0.25) is 0 Å². The monoisotopic (exact) mass is 317 g/mol. The van der Waals surface area contributed by atoms with Crippen molar-refractivity contribution in [1.29, 1.82) is 0 Å². The van der Waals surface area contributed by atoms with Crippen LogP contribution in [0.1, 0.15) is 5.56 Å². The molecule has 0 bridgehead atoms. The molecule has 0 saturated heterocycles. The van der Waals surface area contributed by atoms with Crippen LogP contribution in [-0.2, 0) is 6.42 Å². The second kappa shape index (κ2) is 7.32. The Hall–Kier alpha value is -3.00. The molecule has 23 heavy (non-hydrogen) atoms. The quantitative estimate of drug-likeness (QED) is 0.598. The highest BCUT2D eigenvalue weighted by molar-refractivity contribution is 5.65. The van der Waals surface area contributed by atoms with E-state index in [1.165, 1.54) is 12.1 Å². The van der Waals surface area contributed by atoms with Gasteiger partial charge in [-0.2, -0.15) is 0 Å². The van der Waals surface area contributed by atoms with Crippen LogP contribution in [-0.4, -0.2) is 27.6 Å². The number of anilines is 1. The molecule has 120 valence electrons. The predicted molar refractivity (Wildman–Crippen MR) is 84.4 cm³/mol. The number of aliphatic hydroxyl groups is 1. The van der Waals surface area contributed by atoms with Crippen LogP contribution in [0.2, 0.25) is 0 Å². The van der Waals surface area contributed by atoms with E-state index in [1.54, 1.807) is 0 Å². The summed E-state index contributed by atoms with van der Waals surface area (Å²) in [5.74, 6) is 0. The maximum absolute atomic E-state index is 11.1. The number of nitrogens with one attached hydrogen (secondary N) is 1.